The Morgan fingerprint density at radius 3 is 2.79 bits per heavy atom. The summed E-state index contributed by atoms with van der Waals surface area (Å²) in [6, 6.07) is 8.43. The molecule has 24 heavy (non-hydrogen) atoms. The molecule has 1 saturated carbocycles. The number of methoxy groups -OCH3 is 1. The van der Waals surface area contributed by atoms with Crippen molar-refractivity contribution in [1.29, 1.82) is 0 Å². The molecule has 0 spiro atoms. The Kier molecular flexibility index (Phi) is 4.60. The van der Waals surface area contributed by atoms with Crippen molar-refractivity contribution < 1.29 is 19.1 Å². The highest BCUT2D eigenvalue weighted by Gasteiger charge is 2.32. The fourth-order valence-electron chi connectivity index (χ4n) is 2.06. The number of amides is 1. The molecule has 1 aromatic heterocycles. The minimum absolute atomic E-state index is 0.0131. The molecule has 1 heterocycles. The topological polar surface area (TPSA) is 92.8 Å². The summed E-state index contributed by atoms with van der Waals surface area (Å²) in [5, 5.41) is 3.89. The lowest BCUT2D eigenvalue weighted by atomic mass is 10.2. The van der Waals surface area contributed by atoms with Crippen LogP contribution in [0.15, 0.2) is 41.6 Å². The van der Waals surface area contributed by atoms with E-state index in [2.05, 4.69) is 15.5 Å². The molecule has 1 amide bonds. The first-order valence-electron chi connectivity index (χ1n) is 7.54. The van der Waals surface area contributed by atoms with Crippen molar-refractivity contribution in [3.8, 4) is 11.5 Å². The van der Waals surface area contributed by atoms with Crippen molar-refractivity contribution in [2.75, 3.05) is 7.11 Å². The number of hydrogen-bond donors (Lipinski definition) is 2. The van der Waals surface area contributed by atoms with Gasteiger partial charge in [0, 0.05) is 6.20 Å². The van der Waals surface area contributed by atoms with Crippen LogP contribution in [-0.4, -0.2) is 30.2 Å². The number of esters is 1. The lowest BCUT2D eigenvalue weighted by Crippen LogP contribution is -2.17. The highest BCUT2D eigenvalue weighted by Crippen LogP contribution is 2.34. The average Bonchev–Trinajstić information content (AvgIpc) is 3.30. The van der Waals surface area contributed by atoms with E-state index in [0.717, 1.165) is 12.8 Å². The van der Waals surface area contributed by atoms with Gasteiger partial charge in [0.25, 0.3) is 5.91 Å². The van der Waals surface area contributed by atoms with E-state index in [1.807, 2.05) is 0 Å². The maximum Gasteiger partial charge on any atom is 0.314 e. The molecule has 1 fully saturated rings. The van der Waals surface area contributed by atoms with E-state index in [4.69, 9.17) is 9.47 Å². The van der Waals surface area contributed by atoms with Gasteiger partial charge >= 0.3 is 5.97 Å². The van der Waals surface area contributed by atoms with Crippen LogP contribution in [0.25, 0.3) is 0 Å². The van der Waals surface area contributed by atoms with Gasteiger partial charge in [-0.1, -0.05) is 0 Å². The van der Waals surface area contributed by atoms with Crippen LogP contribution in [0.5, 0.6) is 11.5 Å². The molecule has 1 aliphatic carbocycles. The predicted molar refractivity (Wildman–Crippen MR) is 87.2 cm³/mol. The van der Waals surface area contributed by atoms with Gasteiger partial charge in [0.1, 0.15) is 5.69 Å². The molecule has 3 rings (SSSR count). The third kappa shape index (κ3) is 3.81. The van der Waals surface area contributed by atoms with Crippen LogP contribution in [0.3, 0.4) is 0 Å². The van der Waals surface area contributed by atoms with E-state index < -0.39 is 0 Å². The van der Waals surface area contributed by atoms with Crippen LogP contribution in [0.2, 0.25) is 0 Å². The van der Waals surface area contributed by atoms with Crippen molar-refractivity contribution in [3.63, 3.8) is 0 Å². The van der Waals surface area contributed by atoms with Crippen LogP contribution in [0, 0.1) is 5.92 Å². The van der Waals surface area contributed by atoms with Crippen LogP contribution < -0.4 is 14.9 Å². The Balaban J connectivity index is 1.64. The molecule has 7 heteroatoms. The van der Waals surface area contributed by atoms with Crippen molar-refractivity contribution in [2.45, 2.75) is 12.8 Å². The number of rotatable bonds is 6. The van der Waals surface area contributed by atoms with Crippen molar-refractivity contribution >= 4 is 18.1 Å². The number of H-pyrrole nitrogens is 1. The Bertz CT molecular complexity index is 764. The number of carbonyl (C=O) groups excluding carboxylic acids is 2. The molecule has 0 radical (unpaired) electrons. The lowest BCUT2D eigenvalue weighted by molar-refractivity contribution is -0.135. The Morgan fingerprint density at radius 2 is 2.12 bits per heavy atom. The number of nitrogens with one attached hydrogen (secondary N) is 2. The van der Waals surface area contributed by atoms with Crippen molar-refractivity contribution in [1.82, 2.24) is 10.4 Å². The number of hydrazone groups is 1. The van der Waals surface area contributed by atoms with Crippen LogP contribution in [0.1, 0.15) is 28.9 Å². The molecule has 7 nitrogen and oxygen atoms in total. The zero-order chi connectivity index (χ0) is 16.9. The highest BCUT2D eigenvalue weighted by atomic mass is 16.6. The third-order valence-corrected chi connectivity index (χ3v) is 3.53. The molecule has 0 unspecified atom stereocenters. The maximum absolute atomic E-state index is 11.7. The first kappa shape index (κ1) is 15.8. The number of hydrogen-bond acceptors (Lipinski definition) is 5. The fourth-order valence-corrected chi connectivity index (χ4v) is 2.06. The van der Waals surface area contributed by atoms with Gasteiger partial charge in [0.2, 0.25) is 0 Å². The average molecular weight is 327 g/mol. The zero-order valence-electron chi connectivity index (χ0n) is 13.1. The number of carbonyl (C=O) groups is 2. The number of aromatic amines is 1. The Labute approximate surface area is 138 Å². The molecule has 124 valence electrons. The summed E-state index contributed by atoms with van der Waals surface area (Å²) in [6.07, 6.45) is 4.90. The number of benzene rings is 1. The lowest BCUT2D eigenvalue weighted by Gasteiger charge is -2.09. The quantitative estimate of drug-likeness (QED) is 0.368. The third-order valence-electron chi connectivity index (χ3n) is 3.53. The first-order chi connectivity index (χ1) is 11.7. The van der Waals surface area contributed by atoms with Crippen LogP contribution >= 0.6 is 0 Å². The molecule has 0 aliphatic heterocycles. The van der Waals surface area contributed by atoms with Crippen molar-refractivity contribution in [3.05, 3.63) is 47.8 Å². The van der Waals surface area contributed by atoms with E-state index in [-0.39, 0.29) is 17.8 Å². The van der Waals surface area contributed by atoms with E-state index in [1.165, 1.54) is 13.3 Å². The summed E-state index contributed by atoms with van der Waals surface area (Å²) < 4.78 is 10.6. The van der Waals surface area contributed by atoms with Crippen LogP contribution in [-0.2, 0) is 4.79 Å². The Morgan fingerprint density at radius 1 is 1.29 bits per heavy atom. The van der Waals surface area contributed by atoms with Gasteiger partial charge in [-0.3, -0.25) is 9.59 Å². The van der Waals surface area contributed by atoms with Gasteiger partial charge in [-0.05, 0) is 48.7 Å². The van der Waals surface area contributed by atoms with Crippen LogP contribution in [0.4, 0.5) is 0 Å². The van der Waals surface area contributed by atoms with E-state index in [1.54, 1.807) is 36.5 Å². The number of aromatic nitrogens is 1. The molecule has 0 saturated heterocycles. The highest BCUT2D eigenvalue weighted by molar-refractivity contribution is 5.93. The molecule has 2 N–H and O–H groups in total. The smallest absolute Gasteiger partial charge is 0.314 e. The molecule has 1 aromatic carbocycles. The zero-order valence-corrected chi connectivity index (χ0v) is 13.1. The van der Waals surface area contributed by atoms with Gasteiger partial charge in [-0.25, -0.2) is 5.43 Å². The van der Waals surface area contributed by atoms with Gasteiger partial charge in [0.05, 0.1) is 19.2 Å². The summed E-state index contributed by atoms with van der Waals surface area (Å²) in [5.74, 6) is 0.260. The minimum Gasteiger partial charge on any atom is -0.493 e. The summed E-state index contributed by atoms with van der Waals surface area (Å²) >= 11 is 0. The van der Waals surface area contributed by atoms with Gasteiger partial charge in [-0.15, -0.1) is 0 Å². The Hall–Kier alpha value is -3.09. The summed E-state index contributed by atoms with van der Waals surface area (Å²) in [7, 11) is 1.50. The number of nitrogens with zero attached hydrogens (tertiary/aromatic N) is 1. The van der Waals surface area contributed by atoms with E-state index in [9.17, 15) is 9.59 Å². The molecule has 1 aliphatic rings. The maximum atomic E-state index is 11.7. The van der Waals surface area contributed by atoms with Crippen molar-refractivity contribution in [2.24, 2.45) is 11.0 Å². The molecule has 2 aromatic rings. The van der Waals surface area contributed by atoms with E-state index in [0.29, 0.717) is 22.8 Å². The SMILES string of the molecule is COc1cc(/C=N\NC(=O)c2ccc[nH]2)ccc1OC(=O)C1CC1. The van der Waals surface area contributed by atoms with Gasteiger partial charge in [0.15, 0.2) is 11.5 Å². The molecule has 0 bridgehead atoms. The fraction of sp³-hybridized carbons (Fsp3) is 0.235. The standard InChI is InChI=1S/C17H17N3O4/c1-23-15-9-11(4-7-14(15)24-17(22)12-5-6-12)10-19-20-16(21)13-3-2-8-18-13/h2-4,7-10,12,18H,5-6H2,1H3,(H,20,21)/b19-10-. The molecule has 0 atom stereocenters. The van der Waals surface area contributed by atoms with E-state index >= 15 is 0 Å². The summed E-state index contributed by atoms with van der Waals surface area (Å²) in [5.41, 5.74) is 3.54. The monoisotopic (exact) mass is 327 g/mol. The second-order valence-corrected chi connectivity index (χ2v) is 5.39. The summed E-state index contributed by atoms with van der Waals surface area (Å²) in [6.45, 7) is 0. The second-order valence-electron chi connectivity index (χ2n) is 5.39. The first-order valence-corrected chi connectivity index (χ1v) is 7.54. The van der Waals surface area contributed by atoms with Gasteiger partial charge in [-0.2, -0.15) is 5.10 Å². The largest absolute Gasteiger partial charge is 0.493 e. The normalized spacial score (nSPS) is 13.7. The summed E-state index contributed by atoms with van der Waals surface area (Å²) in [4.78, 5) is 26.2. The molecular formula is C17H17N3O4. The van der Waals surface area contributed by atoms with Gasteiger partial charge < -0.3 is 14.5 Å². The number of ether oxygens (including phenoxy) is 2. The second kappa shape index (κ2) is 6.99. The minimum atomic E-state index is -0.335. The molecular weight excluding hydrogens is 310 g/mol. The predicted octanol–water partition coefficient (Wildman–Crippen LogP) is 2.10.